The van der Waals surface area contributed by atoms with Crippen LogP contribution in [0.5, 0.6) is 0 Å². The number of carbonyl (C=O) groups excluding carboxylic acids is 2. The molecule has 9 heteroatoms. The fourth-order valence-electron chi connectivity index (χ4n) is 2.31. The molecular formula is C18H11ClN2O6. The maximum Gasteiger partial charge on any atom is 0.363 e. The van der Waals surface area contributed by atoms with Gasteiger partial charge in [0.2, 0.25) is 5.90 Å². The molecular weight excluding hydrogens is 376 g/mol. The summed E-state index contributed by atoms with van der Waals surface area (Å²) in [6.45, 7) is 0. The Morgan fingerprint density at radius 3 is 2.59 bits per heavy atom. The first-order valence-electron chi connectivity index (χ1n) is 7.54. The number of halogens is 1. The number of benzene rings is 2. The Bertz CT molecular complexity index is 1010. The first-order chi connectivity index (χ1) is 12.9. The van der Waals surface area contributed by atoms with Gasteiger partial charge < -0.3 is 9.47 Å². The molecule has 0 radical (unpaired) electrons. The van der Waals surface area contributed by atoms with Crippen molar-refractivity contribution in [3.63, 3.8) is 0 Å². The van der Waals surface area contributed by atoms with E-state index in [2.05, 4.69) is 9.73 Å². The molecule has 2 aromatic rings. The number of hydrogen-bond donors (Lipinski definition) is 0. The molecule has 1 aliphatic heterocycles. The van der Waals surface area contributed by atoms with Crippen LogP contribution < -0.4 is 0 Å². The van der Waals surface area contributed by atoms with Crippen molar-refractivity contribution in [2.24, 2.45) is 4.99 Å². The van der Waals surface area contributed by atoms with Gasteiger partial charge in [-0.2, -0.15) is 0 Å². The van der Waals surface area contributed by atoms with Crippen LogP contribution in [-0.4, -0.2) is 29.9 Å². The Morgan fingerprint density at radius 2 is 1.96 bits per heavy atom. The van der Waals surface area contributed by atoms with Gasteiger partial charge in [0, 0.05) is 11.6 Å². The number of nitro benzene ring substituents is 1. The van der Waals surface area contributed by atoms with E-state index < -0.39 is 16.9 Å². The summed E-state index contributed by atoms with van der Waals surface area (Å²) in [4.78, 5) is 37.9. The Labute approximate surface area is 157 Å². The van der Waals surface area contributed by atoms with Gasteiger partial charge in [-0.3, -0.25) is 10.1 Å². The van der Waals surface area contributed by atoms with Crippen molar-refractivity contribution in [1.82, 2.24) is 0 Å². The smallest absolute Gasteiger partial charge is 0.363 e. The molecule has 0 spiro atoms. The Hall–Kier alpha value is -3.52. The quantitative estimate of drug-likeness (QED) is 0.345. The molecule has 1 heterocycles. The molecule has 3 rings (SSSR count). The van der Waals surface area contributed by atoms with E-state index in [0.717, 1.165) is 0 Å². The van der Waals surface area contributed by atoms with E-state index >= 15 is 0 Å². The van der Waals surface area contributed by atoms with Crippen LogP contribution in [0.15, 0.2) is 53.2 Å². The Morgan fingerprint density at radius 1 is 1.26 bits per heavy atom. The van der Waals surface area contributed by atoms with Gasteiger partial charge in [-0.1, -0.05) is 23.7 Å². The molecule has 0 saturated heterocycles. The third-order valence-electron chi connectivity index (χ3n) is 3.65. The number of ether oxygens (including phenoxy) is 2. The number of rotatable bonds is 4. The predicted octanol–water partition coefficient (Wildman–Crippen LogP) is 3.38. The summed E-state index contributed by atoms with van der Waals surface area (Å²) in [5.74, 6) is -1.23. The minimum atomic E-state index is -0.695. The zero-order valence-electron chi connectivity index (χ0n) is 13.8. The van der Waals surface area contributed by atoms with Crippen molar-refractivity contribution in [1.29, 1.82) is 0 Å². The molecule has 0 aromatic heterocycles. The molecule has 136 valence electrons. The lowest BCUT2D eigenvalue weighted by Gasteiger charge is -2.00. The van der Waals surface area contributed by atoms with Gasteiger partial charge in [0.25, 0.3) is 5.69 Å². The third-order valence-corrected chi connectivity index (χ3v) is 3.97. The highest BCUT2D eigenvalue weighted by molar-refractivity contribution is 6.32. The predicted molar refractivity (Wildman–Crippen MR) is 96.5 cm³/mol. The molecule has 0 N–H and O–H groups in total. The van der Waals surface area contributed by atoms with Gasteiger partial charge in [-0.15, -0.1) is 0 Å². The van der Waals surface area contributed by atoms with Crippen molar-refractivity contribution < 1.29 is 24.0 Å². The maximum absolute atomic E-state index is 12.0. The normalized spacial score (nSPS) is 14.7. The summed E-state index contributed by atoms with van der Waals surface area (Å²) >= 11 is 5.77. The van der Waals surface area contributed by atoms with E-state index in [9.17, 15) is 19.7 Å². The van der Waals surface area contributed by atoms with E-state index in [-0.39, 0.29) is 27.9 Å². The molecule has 0 unspecified atom stereocenters. The lowest BCUT2D eigenvalue weighted by atomic mass is 10.1. The SMILES string of the molecule is COC(=O)c1ccc(/C=C2/N=C(c3ccc(Cl)c([N+](=O)[O-])c3)OC2=O)cc1. The molecule has 0 fully saturated rings. The van der Waals surface area contributed by atoms with Gasteiger partial charge in [-0.25, -0.2) is 14.6 Å². The molecule has 0 aliphatic carbocycles. The number of methoxy groups -OCH3 is 1. The highest BCUT2D eigenvalue weighted by Gasteiger charge is 2.26. The average Bonchev–Trinajstić information content (AvgIpc) is 3.02. The zero-order chi connectivity index (χ0) is 19.6. The van der Waals surface area contributed by atoms with E-state index in [0.29, 0.717) is 11.1 Å². The average molecular weight is 387 g/mol. The summed E-state index contributed by atoms with van der Waals surface area (Å²) in [7, 11) is 1.28. The standard InChI is InChI=1S/C18H11ClN2O6/c1-26-17(22)11-4-2-10(3-5-11)8-14-18(23)27-16(20-14)12-6-7-13(19)15(9-12)21(24)25/h2-9H,1H3/b14-8+. The second kappa shape index (κ2) is 7.38. The molecule has 8 nitrogen and oxygen atoms in total. The van der Waals surface area contributed by atoms with Gasteiger partial charge in [0.15, 0.2) is 5.70 Å². The number of nitro groups is 1. The first-order valence-corrected chi connectivity index (χ1v) is 7.92. The number of nitrogens with zero attached hydrogens (tertiary/aromatic N) is 2. The van der Waals surface area contributed by atoms with Gasteiger partial charge in [0.1, 0.15) is 5.02 Å². The monoisotopic (exact) mass is 386 g/mol. The van der Waals surface area contributed by atoms with E-state index in [1.165, 1.54) is 31.4 Å². The summed E-state index contributed by atoms with van der Waals surface area (Å²) in [6, 6.07) is 10.3. The van der Waals surface area contributed by atoms with Crippen LogP contribution in [0.3, 0.4) is 0 Å². The Balaban J connectivity index is 1.90. The Kier molecular flexibility index (Phi) is 5.00. The van der Waals surface area contributed by atoms with Crippen LogP contribution in [0.4, 0.5) is 5.69 Å². The van der Waals surface area contributed by atoms with Crippen LogP contribution >= 0.6 is 11.6 Å². The van der Waals surface area contributed by atoms with E-state index in [1.54, 1.807) is 24.3 Å². The fourth-order valence-corrected chi connectivity index (χ4v) is 2.50. The van der Waals surface area contributed by atoms with Crippen molar-refractivity contribution in [3.05, 3.63) is 80.0 Å². The van der Waals surface area contributed by atoms with Crippen molar-refractivity contribution >= 4 is 41.2 Å². The van der Waals surface area contributed by atoms with E-state index in [4.69, 9.17) is 16.3 Å². The van der Waals surface area contributed by atoms with Crippen LogP contribution in [-0.2, 0) is 14.3 Å². The molecule has 0 bridgehead atoms. The number of esters is 2. The summed E-state index contributed by atoms with van der Waals surface area (Å²) < 4.78 is 9.71. The van der Waals surface area contributed by atoms with Crippen molar-refractivity contribution in [2.45, 2.75) is 0 Å². The minimum Gasteiger partial charge on any atom is -0.465 e. The lowest BCUT2D eigenvalue weighted by molar-refractivity contribution is -0.384. The topological polar surface area (TPSA) is 108 Å². The number of carbonyl (C=O) groups is 2. The first kappa shape index (κ1) is 18.3. The van der Waals surface area contributed by atoms with E-state index in [1.807, 2.05) is 0 Å². The maximum atomic E-state index is 12.0. The molecule has 0 atom stereocenters. The van der Waals surface area contributed by atoms with Crippen LogP contribution in [0.1, 0.15) is 21.5 Å². The molecule has 2 aromatic carbocycles. The van der Waals surface area contributed by atoms with Crippen molar-refractivity contribution in [2.75, 3.05) is 7.11 Å². The number of aliphatic imine (C=N–C) groups is 1. The molecule has 27 heavy (non-hydrogen) atoms. The van der Waals surface area contributed by atoms with Gasteiger partial charge >= 0.3 is 11.9 Å². The lowest BCUT2D eigenvalue weighted by Crippen LogP contribution is -2.06. The van der Waals surface area contributed by atoms with Crippen LogP contribution in [0.2, 0.25) is 5.02 Å². The second-order valence-corrected chi connectivity index (χ2v) is 5.78. The number of cyclic esters (lactones) is 1. The highest BCUT2D eigenvalue weighted by Crippen LogP contribution is 2.27. The fraction of sp³-hybridized carbons (Fsp3) is 0.0556. The molecule has 1 aliphatic rings. The minimum absolute atomic E-state index is 0.0217. The molecule has 0 amide bonds. The summed E-state index contributed by atoms with van der Waals surface area (Å²) in [5.41, 5.74) is 0.939. The van der Waals surface area contributed by atoms with Gasteiger partial charge in [-0.05, 0) is 35.9 Å². The van der Waals surface area contributed by atoms with Crippen LogP contribution in [0.25, 0.3) is 6.08 Å². The number of hydrogen-bond acceptors (Lipinski definition) is 7. The zero-order valence-corrected chi connectivity index (χ0v) is 14.6. The highest BCUT2D eigenvalue weighted by atomic mass is 35.5. The van der Waals surface area contributed by atoms with Crippen LogP contribution in [0, 0.1) is 10.1 Å². The summed E-state index contributed by atoms with van der Waals surface area (Å²) in [5, 5.41) is 11.0. The van der Waals surface area contributed by atoms with Crippen molar-refractivity contribution in [3.8, 4) is 0 Å². The van der Waals surface area contributed by atoms with Gasteiger partial charge in [0.05, 0.1) is 17.6 Å². The second-order valence-electron chi connectivity index (χ2n) is 5.37. The summed E-state index contributed by atoms with van der Waals surface area (Å²) in [6.07, 6.45) is 1.47. The third kappa shape index (κ3) is 3.85. The largest absolute Gasteiger partial charge is 0.465 e. The molecule has 0 saturated carbocycles.